The second-order valence-corrected chi connectivity index (χ2v) is 5.12. The van der Waals surface area contributed by atoms with Gasteiger partial charge in [0, 0.05) is 30.9 Å². The molecule has 0 saturated carbocycles. The van der Waals surface area contributed by atoms with Gasteiger partial charge in [-0.2, -0.15) is 13.2 Å². The quantitative estimate of drug-likeness (QED) is 0.817. The number of hydrogen-bond acceptors (Lipinski definition) is 3. The number of thiocarbonyl (C=S) groups is 1. The Morgan fingerprint density at radius 3 is 2.48 bits per heavy atom. The molecule has 0 aliphatic rings. The maximum Gasteiger partial charge on any atom is 0.416 e. The van der Waals surface area contributed by atoms with Crippen LogP contribution in [0.15, 0.2) is 18.2 Å². The highest BCUT2D eigenvalue weighted by molar-refractivity contribution is 7.80. The predicted molar refractivity (Wildman–Crippen MR) is 81.7 cm³/mol. The van der Waals surface area contributed by atoms with Gasteiger partial charge in [0.05, 0.1) is 12.2 Å². The zero-order valence-electron chi connectivity index (χ0n) is 12.2. The molecule has 2 N–H and O–H groups in total. The Balaban J connectivity index is 3.31. The van der Waals surface area contributed by atoms with Crippen LogP contribution in [0.4, 0.5) is 18.9 Å². The largest absolute Gasteiger partial charge is 0.416 e. The molecule has 3 nitrogen and oxygen atoms in total. The number of anilines is 1. The second kappa shape index (κ2) is 7.09. The molecule has 0 spiro atoms. The van der Waals surface area contributed by atoms with Gasteiger partial charge in [-0.25, -0.2) is 0 Å². The fraction of sp³-hybridized carbons (Fsp3) is 0.500. The Hall–Kier alpha value is -1.34. The first-order valence-electron chi connectivity index (χ1n) is 6.49. The molecule has 1 rings (SSSR count). The van der Waals surface area contributed by atoms with E-state index in [1.54, 1.807) is 7.11 Å². The van der Waals surface area contributed by atoms with Crippen molar-refractivity contribution in [2.75, 3.05) is 25.2 Å². The fourth-order valence-corrected chi connectivity index (χ4v) is 2.37. The van der Waals surface area contributed by atoms with E-state index in [1.807, 2.05) is 18.7 Å². The lowest BCUT2D eigenvalue weighted by molar-refractivity contribution is -0.137. The summed E-state index contributed by atoms with van der Waals surface area (Å²) in [6, 6.07) is 3.44. The lowest BCUT2D eigenvalue weighted by atomic mass is 10.1. The Morgan fingerprint density at radius 2 is 2.05 bits per heavy atom. The number of benzene rings is 1. The van der Waals surface area contributed by atoms with Crippen molar-refractivity contribution in [3.63, 3.8) is 0 Å². The van der Waals surface area contributed by atoms with E-state index in [2.05, 4.69) is 0 Å². The first kappa shape index (κ1) is 17.7. The maximum absolute atomic E-state index is 12.8. The van der Waals surface area contributed by atoms with Gasteiger partial charge in [0.25, 0.3) is 0 Å². The van der Waals surface area contributed by atoms with E-state index < -0.39 is 11.7 Å². The van der Waals surface area contributed by atoms with Crippen LogP contribution in [0.2, 0.25) is 0 Å². The average Bonchev–Trinajstić information content (AvgIpc) is 2.38. The number of ether oxygens (including phenoxy) is 1. The molecule has 0 aliphatic heterocycles. The van der Waals surface area contributed by atoms with Crippen LogP contribution in [0, 0.1) is 0 Å². The highest BCUT2D eigenvalue weighted by Crippen LogP contribution is 2.33. The van der Waals surface area contributed by atoms with Crippen LogP contribution >= 0.6 is 12.2 Å². The molecule has 0 bridgehead atoms. The molecule has 0 heterocycles. The average molecular weight is 320 g/mol. The standard InChI is InChI=1S/C14H19F3N2OS/c1-4-19(9(2)8-20-3)12-6-5-10(14(15,16)17)7-11(12)13(18)21/h5-7,9H,4,8H2,1-3H3,(H2,18,21). The highest BCUT2D eigenvalue weighted by atomic mass is 32.1. The number of halogens is 3. The topological polar surface area (TPSA) is 38.5 Å². The fourth-order valence-electron chi connectivity index (χ4n) is 2.21. The summed E-state index contributed by atoms with van der Waals surface area (Å²) in [6.45, 7) is 4.89. The molecule has 7 heteroatoms. The van der Waals surface area contributed by atoms with Crippen molar-refractivity contribution in [3.8, 4) is 0 Å². The molecule has 21 heavy (non-hydrogen) atoms. The third-order valence-corrected chi connectivity index (χ3v) is 3.40. The molecule has 0 saturated heterocycles. The monoisotopic (exact) mass is 320 g/mol. The minimum Gasteiger partial charge on any atom is -0.389 e. The van der Waals surface area contributed by atoms with E-state index in [9.17, 15) is 13.2 Å². The predicted octanol–water partition coefficient (Wildman–Crippen LogP) is 3.20. The number of rotatable bonds is 6. The van der Waals surface area contributed by atoms with Crippen molar-refractivity contribution in [1.29, 1.82) is 0 Å². The van der Waals surface area contributed by atoms with Crippen molar-refractivity contribution in [2.24, 2.45) is 5.73 Å². The molecule has 0 aromatic heterocycles. The van der Waals surface area contributed by atoms with Crippen molar-refractivity contribution in [1.82, 2.24) is 0 Å². The summed E-state index contributed by atoms with van der Waals surface area (Å²) < 4.78 is 43.5. The molecule has 1 unspecified atom stereocenters. The summed E-state index contributed by atoms with van der Waals surface area (Å²) in [6.07, 6.45) is -4.42. The van der Waals surface area contributed by atoms with Crippen LogP contribution in [0.3, 0.4) is 0 Å². The second-order valence-electron chi connectivity index (χ2n) is 4.68. The summed E-state index contributed by atoms with van der Waals surface area (Å²) >= 11 is 4.90. The Kier molecular flexibility index (Phi) is 5.98. The normalized spacial score (nSPS) is 13.0. The molecular formula is C14H19F3N2OS. The van der Waals surface area contributed by atoms with E-state index >= 15 is 0 Å². The number of hydrogen-bond donors (Lipinski definition) is 1. The molecular weight excluding hydrogens is 301 g/mol. The number of likely N-dealkylation sites (N-methyl/N-ethyl adjacent to an activating group) is 1. The zero-order chi connectivity index (χ0) is 16.2. The van der Waals surface area contributed by atoms with Gasteiger partial charge < -0.3 is 15.4 Å². The van der Waals surface area contributed by atoms with Gasteiger partial charge in [-0.15, -0.1) is 0 Å². The molecule has 0 amide bonds. The van der Waals surface area contributed by atoms with Crippen LogP contribution in [-0.2, 0) is 10.9 Å². The number of nitrogens with zero attached hydrogens (tertiary/aromatic N) is 1. The lowest BCUT2D eigenvalue weighted by Crippen LogP contribution is -2.37. The van der Waals surface area contributed by atoms with Gasteiger partial charge in [-0.05, 0) is 32.0 Å². The smallest absolute Gasteiger partial charge is 0.389 e. The van der Waals surface area contributed by atoms with E-state index in [0.29, 0.717) is 18.8 Å². The van der Waals surface area contributed by atoms with Crippen LogP contribution in [0.5, 0.6) is 0 Å². The minimum atomic E-state index is -4.42. The van der Waals surface area contributed by atoms with Gasteiger partial charge in [0.15, 0.2) is 0 Å². The highest BCUT2D eigenvalue weighted by Gasteiger charge is 2.32. The van der Waals surface area contributed by atoms with Crippen LogP contribution in [0.25, 0.3) is 0 Å². The van der Waals surface area contributed by atoms with Gasteiger partial charge in [-0.1, -0.05) is 12.2 Å². The third-order valence-electron chi connectivity index (χ3n) is 3.18. The molecule has 0 aliphatic carbocycles. The Bertz CT molecular complexity index is 505. The Morgan fingerprint density at radius 1 is 1.43 bits per heavy atom. The Labute approximate surface area is 127 Å². The van der Waals surface area contributed by atoms with E-state index in [0.717, 1.165) is 12.1 Å². The van der Waals surface area contributed by atoms with Gasteiger partial charge in [-0.3, -0.25) is 0 Å². The van der Waals surface area contributed by atoms with Crippen LogP contribution in [0.1, 0.15) is 25.0 Å². The van der Waals surface area contributed by atoms with Crippen molar-refractivity contribution < 1.29 is 17.9 Å². The molecule has 1 aromatic carbocycles. The summed E-state index contributed by atoms with van der Waals surface area (Å²) in [5.74, 6) is 0. The summed E-state index contributed by atoms with van der Waals surface area (Å²) in [5, 5.41) is 0. The summed E-state index contributed by atoms with van der Waals surface area (Å²) in [4.78, 5) is 1.86. The first-order chi connectivity index (χ1) is 9.72. The molecule has 1 aromatic rings. The zero-order valence-corrected chi connectivity index (χ0v) is 13.0. The van der Waals surface area contributed by atoms with Crippen LogP contribution in [-0.4, -0.2) is 31.3 Å². The SMILES string of the molecule is CCN(c1ccc(C(F)(F)F)cc1C(N)=S)C(C)COC. The van der Waals surface area contributed by atoms with E-state index in [1.165, 1.54) is 6.07 Å². The molecule has 0 radical (unpaired) electrons. The molecule has 1 atom stereocenters. The number of alkyl halides is 3. The number of nitrogens with two attached hydrogens (primary N) is 1. The summed E-state index contributed by atoms with van der Waals surface area (Å²) in [7, 11) is 1.57. The minimum absolute atomic E-state index is 0.00941. The van der Waals surface area contributed by atoms with Crippen LogP contribution < -0.4 is 10.6 Å². The van der Waals surface area contributed by atoms with Gasteiger partial charge in [0.1, 0.15) is 4.99 Å². The summed E-state index contributed by atoms with van der Waals surface area (Å²) in [5.41, 5.74) is 5.65. The van der Waals surface area contributed by atoms with E-state index in [4.69, 9.17) is 22.7 Å². The molecule has 118 valence electrons. The first-order valence-corrected chi connectivity index (χ1v) is 6.89. The van der Waals surface area contributed by atoms with Crippen molar-refractivity contribution >= 4 is 22.9 Å². The molecule has 0 fully saturated rings. The van der Waals surface area contributed by atoms with E-state index in [-0.39, 0.29) is 16.6 Å². The van der Waals surface area contributed by atoms with Crippen molar-refractivity contribution in [2.45, 2.75) is 26.1 Å². The number of methoxy groups -OCH3 is 1. The van der Waals surface area contributed by atoms with Gasteiger partial charge in [0.2, 0.25) is 0 Å². The third kappa shape index (κ3) is 4.31. The van der Waals surface area contributed by atoms with Crippen molar-refractivity contribution in [3.05, 3.63) is 29.3 Å². The van der Waals surface area contributed by atoms with Gasteiger partial charge >= 0.3 is 6.18 Å². The lowest BCUT2D eigenvalue weighted by Gasteiger charge is -2.31. The maximum atomic E-state index is 12.8.